The number of carbonyl (C=O) groups excluding carboxylic acids is 1. The molecule has 0 saturated carbocycles. The van der Waals surface area contributed by atoms with Crippen LogP contribution in [0.2, 0.25) is 0 Å². The van der Waals surface area contributed by atoms with Crippen LogP contribution in [0.4, 0.5) is 4.79 Å². The summed E-state index contributed by atoms with van der Waals surface area (Å²) in [6.07, 6.45) is 5.75. The maximum Gasteiger partial charge on any atom is 0.321 e. The van der Waals surface area contributed by atoms with Gasteiger partial charge in [0.25, 0.3) is 0 Å². The average molecular weight is 219 g/mol. The van der Waals surface area contributed by atoms with Crippen molar-refractivity contribution in [3.05, 3.63) is 42.9 Å². The number of pyridine rings is 1. The van der Waals surface area contributed by atoms with Crippen molar-refractivity contribution < 1.29 is 4.79 Å². The molecule has 1 rings (SSSR count). The highest BCUT2D eigenvalue weighted by atomic mass is 16.2. The number of urea groups is 1. The standard InChI is InChI=1S/C12H17N3O/c1-3-14-12(16)15(4-2)10-7-11-5-8-13-9-6-11/h3,5-6,8-9H,1,4,7,10H2,2H3,(H,14,16). The Kier molecular flexibility index (Phi) is 5.05. The van der Waals surface area contributed by atoms with Gasteiger partial charge in [-0.15, -0.1) is 0 Å². The van der Waals surface area contributed by atoms with Gasteiger partial charge in [0.2, 0.25) is 0 Å². The molecule has 0 aliphatic heterocycles. The zero-order valence-electron chi connectivity index (χ0n) is 9.52. The number of hydrogen-bond acceptors (Lipinski definition) is 2. The number of hydrogen-bond donors (Lipinski definition) is 1. The first kappa shape index (κ1) is 12.2. The first-order valence-corrected chi connectivity index (χ1v) is 5.33. The van der Waals surface area contributed by atoms with E-state index in [2.05, 4.69) is 16.9 Å². The quantitative estimate of drug-likeness (QED) is 0.820. The monoisotopic (exact) mass is 219 g/mol. The fraction of sp³-hybridized carbons (Fsp3) is 0.333. The normalized spacial score (nSPS) is 9.56. The van der Waals surface area contributed by atoms with Crippen LogP contribution < -0.4 is 5.32 Å². The van der Waals surface area contributed by atoms with Crippen molar-refractivity contribution in [3.63, 3.8) is 0 Å². The van der Waals surface area contributed by atoms with Gasteiger partial charge in [-0.3, -0.25) is 4.98 Å². The van der Waals surface area contributed by atoms with E-state index in [1.54, 1.807) is 17.3 Å². The lowest BCUT2D eigenvalue weighted by Gasteiger charge is -2.20. The Balaban J connectivity index is 2.45. The summed E-state index contributed by atoms with van der Waals surface area (Å²) in [6, 6.07) is 3.81. The number of aromatic nitrogens is 1. The maximum atomic E-state index is 11.5. The van der Waals surface area contributed by atoms with Crippen molar-refractivity contribution in [2.45, 2.75) is 13.3 Å². The third-order valence-electron chi connectivity index (χ3n) is 2.31. The smallest absolute Gasteiger partial charge is 0.321 e. The molecule has 0 bridgehead atoms. The third-order valence-corrected chi connectivity index (χ3v) is 2.31. The number of nitrogens with zero attached hydrogens (tertiary/aromatic N) is 2. The molecule has 0 aliphatic carbocycles. The van der Waals surface area contributed by atoms with E-state index in [0.29, 0.717) is 13.1 Å². The van der Waals surface area contributed by atoms with Crippen LogP contribution in [0.1, 0.15) is 12.5 Å². The summed E-state index contributed by atoms with van der Waals surface area (Å²) in [6.45, 7) is 6.80. The summed E-state index contributed by atoms with van der Waals surface area (Å²) >= 11 is 0. The van der Waals surface area contributed by atoms with Gasteiger partial charge in [-0.05, 0) is 37.2 Å². The molecule has 4 heteroatoms. The highest BCUT2D eigenvalue weighted by molar-refractivity contribution is 5.75. The van der Waals surface area contributed by atoms with E-state index in [0.717, 1.165) is 6.42 Å². The minimum Gasteiger partial charge on any atom is -0.324 e. The predicted octanol–water partition coefficient (Wildman–Crippen LogP) is 1.80. The average Bonchev–Trinajstić information content (AvgIpc) is 2.31. The lowest BCUT2D eigenvalue weighted by Crippen LogP contribution is -2.38. The Morgan fingerprint density at radius 2 is 2.25 bits per heavy atom. The first-order chi connectivity index (χ1) is 7.77. The molecule has 0 fully saturated rings. The van der Waals surface area contributed by atoms with E-state index in [1.165, 1.54) is 11.8 Å². The molecular formula is C12H17N3O. The second-order valence-corrected chi connectivity index (χ2v) is 3.34. The molecule has 0 unspecified atom stereocenters. The minimum atomic E-state index is -0.105. The summed E-state index contributed by atoms with van der Waals surface area (Å²) in [5.74, 6) is 0. The summed E-state index contributed by atoms with van der Waals surface area (Å²) in [5, 5.41) is 2.57. The fourth-order valence-electron chi connectivity index (χ4n) is 1.40. The highest BCUT2D eigenvalue weighted by Crippen LogP contribution is 2.00. The van der Waals surface area contributed by atoms with Crippen molar-refractivity contribution in [2.75, 3.05) is 13.1 Å². The molecule has 0 atom stereocenters. The van der Waals surface area contributed by atoms with Gasteiger partial charge < -0.3 is 10.2 Å². The zero-order valence-corrected chi connectivity index (χ0v) is 9.52. The Morgan fingerprint density at radius 1 is 1.56 bits per heavy atom. The number of rotatable bonds is 5. The lowest BCUT2D eigenvalue weighted by atomic mass is 10.2. The maximum absolute atomic E-state index is 11.5. The van der Waals surface area contributed by atoms with Crippen LogP contribution in [-0.4, -0.2) is 29.0 Å². The van der Waals surface area contributed by atoms with E-state index in [4.69, 9.17) is 0 Å². The molecule has 86 valence electrons. The third kappa shape index (κ3) is 3.73. The van der Waals surface area contributed by atoms with Crippen molar-refractivity contribution in [1.29, 1.82) is 0 Å². The molecule has 1 aromatic rings. The second kappa shape index (κ2) is 6.61. The largest absolute Gasteiger partial charge is 0.324 e. The zero-order chi connectivity index (χ0) is 11.8. The Labute approximate surface area is 96.0 Å². The number of amides is 2. The van der Waals surface area contributed by atoms with Gasteiger partial charge in [0.05, 0.1) is 0 Å². The van der Waals surface area contributed by atoms with Crippen molar-refractivity contribution in [1.82, 2.24) is 15.2 Å². The highest BCUT2D eigenvalue weighted by Gasteiger charge is 2.08. The number of likely N-dealkylation sites (N-methyl/N-ethyl adjacent to an activating group) is 1. The predicted molar refractivity (Wildman–Crippen MR) is 63.9 cm³/mol. The van der Waals surface area contributed by atoms with Gasteiger partial charge in [0.15, 0.2) is 0 Å². The summed E-state index contributed by atoms with van der Waals surface area (Å²) in [4.78, 5) is 17.2. The molecule has 0 saturated heterocycles. The van der Waals surface area contributed by atoms with Crippen LogP contribution in [0.25, 0.3) is 0 Å². The Morgan fingerprint density at radius 3 is 2.81 bits per heavy atom. The van der Waals surface area contributed by atoms with Gasteiger partial charge >= 0.3 is 6.03 Å². The van der Waals surface area contributed by atoms with E-state index in [-0.39, 0.29) is 6.03 Å². The van der Waals surface area contributed by atoms with Crippen LogP contribution >= 0.6 is 0 Å². The van der Waals surface area contributed by atoms with Crippen LogP contribution in [0, 0.1) is 0 Å². The van der Waals surface area contributed by atoms with Gasteiger partial charge in [-0.25, -0.2) is 4.79 Å². The van der Waals surface area contributed by atoms with Crippen molar-refractivity contribution >= 4 is 6.03 Å². The van der Waals surface area contributed by atoms with Crippen molar-refractivity contribution in [3.8, 4) is 0 Å². The van der Waals surface area contributed by atoms with Gasteiger partial charge in [0.1, 0.15) is 0 Å². The van der Waals surface area contributed by atoms with Gasteiger partial charge in [-0.1, -0.05) is 6.58 Å². The van der Waals surface area contributed by atoms with E-state index in [1.807, 2.05) is 19.1 Å². The Hall–Kier alpha value is -1.84. The van der Waals surface area contributed by atoms with Crippen LogP contribution in [0.3, 0.4) is 0 Å². The van der Waals surface area contributed by atoms with Crippen LogP contribution in [0.5, 0.6) is 0 Å². The summed E-state index contributed by atoms with van der Waals surface area (Å²) < 4.78 is 0. The molecule has 1 heterocycles. The first-order valence-electron chi connectivity index (χ1n) is 5.33. The topological polar surface area (TPSA) is 45.2 Å². The van der Waals surface area contributed by atoms with E-state index in [9.17, 15) is 4.79 Å². The molecule has 4 nitrogen and oxygen atoms in total. The second-order valence-electron chi connectivity index (χ2n) is 3.34. The molecule has 2 amide bonds. The van der Waals surface area contributed by atoms with Gasteiger partial charge in [-0.2, -0.15) is 0 Å². The minimum absolute atomic E-state index is 0.105. The van der Waals surface area contributed by atoms with E-state index >= 15 is 0 Å². The van der Waals surface area contributed by atoms with Gasteiger partial charge in [0, 0.05) is 25.5 Å². The molecule has 0 aliphatic rings. The molecule has 0 aromatic carbocycles. The summed E-state index contributed by atoms with van der Waals surface area (Å²) in [7, 11) is 0. The molecule has 0 spiro atoms. The molecule has 1 N–H and O–H groups in total. The molecule has 16 heavy (non-hydrogen) atoms. The Bertz CT molecular complexity index is 337. The van der Waals surface area contributed by atoms with Crippen LogP contribution in [-0.2, 0) is 6.42 Å². The lowest BCUT2D eigenvalue weighted by molar-refractivity contribution is 0.205. The van der Waals surface area contributed by atoms with Crippen molar-refractivity contribution in [2.24, 2.45) is 0 Å². The number of nitrogens with one attached hydrogen (secondary N) is 1. The fourth-order valence-corrected chi connectivity index (χ4v) is 1.40. The SMILES string of the molecule is C=CNC(=O)N(CC)CCc1ccncc1. The molecule has 1 aromatic heterocycles. The van der Waals surface area contributed by atoms with Crippen LogP contribution in [0.15, 0.2) is 37.3 Å². The van der Waals surface area contributed by atoms with E-state index < -0.39 is 0 Å². The molecule has 0 radical (unpaired) electrons. The number of carbonyl (C=O) groups is 1. The molecular weight excluding hydrogens is 202 g/mol. The summed E-state index contributed by atoms with van der Waals surface area (Å²) in [5.41, 5.74) is 1.18.